The Bertz CT molecular complexity index is 921. The number of hydrogen-bond donors (Lipinski definition) is 3. The van der Waals surface area contributed by atoms with Gasteiger partial charge in [-0.3, -0.25) is 9.59 Å². The Labute approximate surface area is 184 Å². The van der Waals surface area contributed by atoms with Gasteiger partial charge in [0, 0.05) is 23.6 Å². The number of rotatable bonds is 7. The molecule has 0 radical (unpaired) electrons. The van der Waals surface area contributed by atoms with Crippen LogP contribution in [0.1, 0.15) is 35.2 Å². The van der Waals surface area contributed by atoms with E-state index in [1.165, 1.54) is 6.07 Å². The molecule has 0 unspecified atom stereocenters. The second kappa shape index (κ2) is 10.5. The first-order chi connectivity index (χ1) is 15.2. The van der Waals surface area contributed by atoms with Gasteiger partial charge in [0.15, 0.2) is 0 Å². The number of para-hydroxylation sites is 1. The van der Waals surface area contributed by atoms with Crippen LogP contribution >= 0.6 is 0 Å². The molecule has 2 aromatic rings. The molecule has 0 aliphatic heterocycles. The molecule has 0 spiro atoms. The molecule has 1 saturated carbocycles. The summed E-state index contributed by atoms with van der Waals surface area (Å²) >= 11 is 0. The average Bonchev–Trinajstić information content (AvgIpc) is 2.78. The Morgan fingerprint density at radius 2 is 1.81 bits per heavy atom. The molecule has 32 heavy (non-hydrogen) atoms. The van der Waals surface area contributed by atoms with Crippen molar-refractivity contribution in [3.05, 3.63) is 65.7 Å². The van der Waals surface area contributed by atoms with Crippen LogP contribution in [0.4, 0.5) is 13.2 Å². The van der Waals surface area contributed by atoms with Crippen LogP contribution in [0, 0.1) is 5.92 Å². The van der Waals surface area contributed by atoms with Crippen LogP contribution in [0.15, 0.2) is 54.6 Å². The predicted octanol–water partition coefficient (Wildman–Crippen LogP) is 3.13. The third-order valence-corrected chi connectivity index (χ3v) is 5.44. The summed E-state index contributed by atoms with van der Waals surface area (Å²) in [6, 6.07) is 13.2. The van der Waals surface area contributed by atoms with Gasteiger partial charge in [-0.25, -0.2) is 0 Å². The van der Waals surface area contributed by atoms with Crippen molar-refractivity contribution in [3.8, 4) is 5.75 Å². The molecule has 2 aromatic carbocycles. The van der Waals surface area contributed by atoms with Crippen molar-refractivity contribution in [1.82, 2.24) is 10.6 Å². The first-order valence-corrected chi connectivity index (χ1v) is 10.4. The number of nitrogens with two attached hydrogens (primary N) is 1. The quantitative estimate of drug-likeness (QED) is 0.606. The van der Waals surface area contributed by atoms with E-state index in [0.717, 1.165) is 30.4 Å². The number of ether oxygens (including phenoxy) is 1. The molecule has 2 amide bonds. The molecule has 9 heteroatoms. The van der Waals surface area contributed by atoms with Crippen molar-refractivity contribution in [2.75, 3.05) is 13.2 Å². The maximum absolute atomic E-state index is 12.8. The van der Waals surface area contributed by atoms with E-state index in [2.05, 4.69) is 10.6 Å². The largest absolute Gasteiger partial charge is 0.493 e. The van der Waals surface area contributed by atoms with E-state index in [0.29, 0.717) is 19.4 Å². The Kier molecular flexibility index (Phi) is 7.74. The number of amides is 2. The van der Waals surface area contributed by atoms with Gasteiger partial charge in [-0.2, -0.15) is 13.2 Å². The predicted molar refractivity (Wildman–Crippen MR) is 113 cm³/mol. The molecule has 0 heterocycles. The summed E-state index contributed by atoms with van der Waals surface area (Å²) in [7, 11) is 0. The minimum Gasteiger partial charge on any atom is -0.493 e. The van der Waals surface area contributed by atoms with E-state index in [1.54, 1.807) is 0 Å². The van der Waals surface area contributed by atoms with Gasteiger partial charge in [0.2, 0.25) is 5.91 Å². The smallest absolute Gasteiger partial charge is 0.416 e. The molecular formula is C23H26F3N3O3. The van der Waals surface area contributed by atoms with Crippen molar-refractivity contribution in [1.29, 1.82) is 0 Å². The number of carbonyl (C=O) groups is 2. The van der Waals surface area contributed by atoms with Gasteiger partial charge in [0.25, 0.3) is 5.91 Å². The van der Waals surface area contributed by atoms with Crippen LogP contribution < -0.4 is 21.1 Å². The number of nitrogens with one attached hydrogen (secondary N) is 2. The summed E-state index contributed by atoms with van der Waals surface area (Å²) in [5.74, 6) is -0.441. The van der Waals surface area contributed by atoms with Crippen LogP contribution in [0.25, 0.3) is 0 Å². The fourth-order valence-corrected chi connectivity index (χ4v) is 3.75. The Balaban J connectivity index is 1.52. The van der Waals surface area contributed by atoms with Crippen molar-refractivity contribution in [2.24, 2.45) is 11.7 Å². The summed E-state index contributed by atoms with van der Waals surface area (Å²) in [6.07, 6.45) is -2.43. The maximum Gasteiger partial charge on any atom is 0.416 e. The molecule has 0 saturated heterocycles. The lowest BCUT2D eigenvalue weighted by molar-refractivity contribution is -0.137. The Morgan fingerprint density at radius 3 is 2.53 bits per heavy atom. The number of alkyl halides is 3. The zero-order valence-corrected chi connectivity index (χ0v) is 17.4. The van der Waals surface area contributed by atoms with Crippen molar-refractivity contribution >= 4 is 11.8 Å². The second-order valence-electron chi connectivity index (χ2n) is 7.89. The first-order valence-electron chi connectivity index (χ1n) is 10.4. The van der Waals surface area contributed by atoms with E-state index < -0.39 is 23.6 Å². The molecular weight excluding hydrogens is 423 g/mol. The fraction of sp³-hybridized carbons (Fsp3) is 0.391. The van der Waals surface area contributed by atoms with Crippen LogP contribution in [0.2, 0.25) is 0 Å². The van der Waals surface area contributed by atoms with Crippen LogP contribution in [-0.2, 0) is 11.0 Å². The van der Waals surface area contributed by atoms with Crippen molar-refractivity contribution in [2.45, 2.75) is 37.5 Å². The standard InChI is InChI=1S/C23H26F3N3O3/c24-23(25,26)17-6-4-5-15(11-17)22(31)28-13-21(30)29-20-10-9-18(27)12-16(20)14-32-19-7-2-1-3-8-19/h1-8,11,16,18,20H,9-10,12-14,27H2,(H,28,31)(H,29,30)/t16-,18-,20+/m1/s1. The zero-order valence-electron chi connectivity index (χ0n) is 17.4. The highest BCUT2D eigenvalue weighted by Gasteiger charge is 2.32. The number of benzene rings is 2. The summed E-state index contributed by atoms with van der Waals surface area (Å²) in [5.41, 5.74) is 5.00. The normalized spacial score (nSPS) is 20.9. The number of carbonyl (C=O) groups excluding carboxylic acids is 2. The molecule has 0 aromatic heterocycles. The minimum atomic E-state index is -4.55. The zero-order chi connectivity index (χ0) is 23.1. The Morgan fingerprint density at radius 1 is 1.06 bits per heavy atom. The van der Waals surface area contributed by atoms with Crippen LogP contribution in [-0.4, -0.2) is 37.0 Å². The number of hydrogen-bond acceptors (Lipinski definition) is 4. The van der Waals surface area contributed by atoms with Gasteiger partial charge >= 0.3 is 6.18 Å². The molecule has 3 rings (SSSR count). The SMILES string of the molecule is N[C@@H]1CC[C@H](NC(=O)CNC(=O)c2cccc(C(F)(F)F)c2)[C@@H](COc2ccccc2)C1. The second-order valence-corrected chi connectivity index (χ2v) is 7.89. The molecule has 1 aliphatic carbocycles. The molecule has 4 N–H and O–H groups in total. The van der Waals surface area contributed by atoms with Gasteiger partial charge in [0.05, 0.1) is 18.7 Å². The maximum atomic E-state index is 12.8. The summed E-state index contributed by atoms with van der Waals surface area (Å²) in [4.78, 5) is 24.6. The lowest BCUT2D eigenvalue weighted by atomic mass is 9.82. The number of halogens is 3. The van der Waals surface area contributed by atoms with Gasteiger partial charge in [-0.15, -0.1) is 0 Å². The Hall–Kier alpha value is -3.07. The monoisotopic (exact) mass is 449 g/mol. The third-order valence-electron chi connectivity index (χ3n) is 5.44. The molecule has 0 bridgehead atoms. The summed E-state index contributed by atoms with van der Waals surface area (Å²) < 4.78 is 44.3. The van der Waals surface area contributed by atoms with Gasteiger partial charge < -0.3 is 21.1 Å². The van der Waals surface area contributed by atoms with E-state index >= 15 is 0 Å². The van der Waals surface area contributed by atoms with Crippen molar-refractivity contribution in [3.63, 3.8) is 0 Å². The minimum absolute atomic E-state index is 0.00192. The molecule has 172 valence electrons. The van der Waals surface area contributed by atoms with E-state index in [1.807, 2.05) is 30.3 Å². The summed E-state index contributed by atoms with van der Waals surface area (Å²) in [6.45, 7) is 0.0448. The van der Waals surface area contributed by atoms with Gasteiger partial charge in [-0.1, -0.05) is 24.3 Å². The average molecular weight is 449 g/mol. The highest BCUT2D eigenvalue weighted by molar-refractivity contribution is 5.96. The van der Waals surface area contributed by atoms with E-state index in [4.69, 9.17) is 10.5 Å². The lowest BCUT2D eigenvalue weighted by Crippen LogP contribution is -2.50. The van der Waals surface area contributed by atoms with Crippen LogP contribution in [0.3, 0.4) is 0 Å². The van der Waals surface area contributed by atoms with E-state index in [9.17, 15) is 22.8 Å². The molecule has 3 atom stereocenters. The highest BCUT2D eigenvalue weighted by atomic mass is 19.4. The lowest BCUT2D eigenvalue weighted by Gasteiger charge is -2.35. The van der Waals surface area contributed by atoms with Crippen molar-refractivity contribution < 1.29 is 27.5 Å². The van der Waals surface area contributed by atoms with Gasteiger partial charge in [0.1, 0.15) is 5.75 Å². The van der Waals surface area contributed by atoms with Crippen LogP contribution in [0.5, 0.6) is 5.75 Å². The summed E-state index contributed by atoms with van der Waals surface area (Å²) in [5, 5.41) is 5.27. The highest BCUT2D eigenvalue weighted by Crippen LogP contribution is 2.29. The van der Waals surface area contributed by atoms with E-state index in [-0.39, 0.29) is 30.1 Å². The van der Waals surface area contributed by atoms with Gasteiger partial charge in [-0.05, 0) is 49.6 Å². The third kappa shape index (κ3) is 6.71. The topological polar surface area (TPSA) is 93.5 Å². The molecule has 1 aliphatic rings. The molecule has 6 nitrogen and oxygen atoms in total. The molecule has 1 fully saturated rings. The first kappa shape index (κ1) is 23.6. The fourth-order valence-electron chi connectivity index (χ4n) is 3.75.